The lowest BCUT2D eigenvalue weighted by Crippen LogP contribution is -2.38. The van der Waals surface area contributed by atoms with E-state index >= 15 is 0 Å². The van der Waals surface area contributed by atoms with Gasteiger partial charge in [-0.1, -0.05) is 30.3 Å². The van der Waals surface area contributed by atoms with Crippen molar-refractivity contribution in [2.45, 2.75) is 25.4 Å². The molecule has 0 amide bonds. The van der Waals surface area contributed by atoms with Crippen molar-refractivity contribution in [2.75, 3.05) is 18.4 Å². The molecule has 0 aliphatic carbocycles. The van der Waals surface area contributed by atoms with Crippen LogP contribution >= 0.6 is 0 Å². The van der Waals surface area contributed by atoms with Crippen molar-refractivity contribution in [1.82, 2.24) is 9.88 Å². The first-order valence-electron chi connectivity index (χ1n) is 7.33. The van der Waals surface area contributed by atoms with E-state index in [0.717, 1.165) is 19.6 Å². The van der Waals surface area contributed by atoms with Crippen molar-refractivity contribution in [2.24, 2.45) is 0 Å². The molecule has 0 unspecified atom stereocenters. The van der Waals surface area contributed by atoms with Crippen LogP contribution in [0.1, 0.15) is 18.4 Å². The Balaban J connectivity index is 1.47. The maximum Gasteiger partial charge on any atom is 0.0373 e. The zero-order chi connectivity index (χ0) is 13.6. The van der Waals surface area contributed by atoms with Crippen LogP contribution in [0.15, 0.2) is 54.9 Å². The molecular weight excluding hydrogens is 246 g/mol. The van der Waals surface area contributed by atoms with Gasteiger partial charge in [0, 0.05) is 43.8 Å². The summed E-state index contributed by atoms with van der Waals surface area (Å²) in [4.78, 5) is 6.59. The Labute approximate surface area is 120 Å². The van der Waals surface area contributed by atoms with Crippen molar-refractivity contribution in [3.8, 4) is 0 Å². The number of likely N-dealkylation sites (tertiary alicyclic amines) is 1. The van der Waals surface area contributed by atoms with Gasteiger partial charge >= 0.3 is 0 Å². The summed E-state index contributed by atoms with van der Waals surface area (Å²) in [5.74, 6) is 0. The van der Waals surface area contributed by atoms with Gasteiger partial charge in [0.1, 0.15) is 0 Å². The number of benzene rings is 1. The van der Waals surface area contributed by atoms with Gasteiger partial charge in [-0.05, 0) is 30.5 Å². The first kappa shape index (κ1) is 13.1. The Morgan fingerprint density at radius 3 is 2.40 bits per heavy atom. The molecule has 20 heavy (non-hydrogen) atoms. The highest BCUT2D eigenvalue weighted by Gasteiger charge is 2.18. The fraction of sp³-hybridized carbons (Fsp3) is 0.353. The van der Waals surface area contributed by atoms with Gasteiger partial charge in [0.2, 0.25) is 0 Å². The zero-order valence-electron chi connectivity index (χ0n) is 11.7. The maximum absolute atomic E-state index is 4.05. The number of aromatic nitrogens is 1. The third-order valence-electron chi connectivity index (χ3n) is 3.89. The summed E-state index contributed by atoms with van der Waals surface area (Å²) in [6, 6.07) is 15.4. The van der Waals surface area contributed by atoms with E-state index in [4.69, 9.17) is 0 Å². The average molecular weight is 267 g/mol. The molecule has 0 spiro atoms. The third-order valence-corrected chi connectivity index (χ3v) is 3.89. The molecule has 1 aliphatic heterocycles. The first-order chi connectivity index (χ1) is 9.90. The predicted octanol–water partition coefficient (Wildman–Crippen LogP) is 3.16. The number of piperidine rings is 1. The molecule has 1 aromatic carbocycles. The Hall–Kier alpha value is -1.87. The van der Waals surface area contributed by atoms with E-state index in [-0.39, 0.29) is 0 Å². The standard InChI is InChI=1S/C17H21N3/c1-2-4-15(5-3-1)14-20-12-8-17(9-13-20)19-16-6-10-18-11-7-16/h1-7,10-11,17H,8-9,12-14H2,(H,18,19). The third kappa shape index (κ3) is 3.58. The van der Waals surface area contributed by atoms with Crippen LogP contribution < -0.4 is 5.32 Å². The number of nitrogens with one attached hydrogen (secondary N) is 1. The van der Waals surface area contributed by atoms with Gasteiger partial charge in [0.15, 0.2) is 0 Å². The van der Waals surface area contributed by atoms with Gasteiger partial charge in [0.05, 0.1) is 0 Å². The van der Waals surface area contributed by atoms with E-state index in [2.05, 4.69) is 45.5 Å². The smallest absolute Gasteiger partial charge is 0.0373 e. The SMILES string of the molecule is c1ccc(CN2CCC(Nc3ccncc3)CC2)cc1. The van der Waals surface area contributed by atoms with E-state index in [1.54, 1.807) is 0 Å². The molecule has 0 radical (unpaired) electrons. The van der Waals surface area contributed by atoms with Crippen LogP contribution in [0.4, 0.5) is 5.69 Å². The minimum absolute atomic E-state index is 0.587. The molecule has 1 fully saturated rings. The number of anilines is 1. The van der Waals surface area contributed by atoms with Crippen molar-refractivity contribution in [1.29, 1.82) is 0 Å². The summed E-state index contributed by atoms with van der Waals surface area (Å²) in [6.45, 7) is 3.40. The van der Waals surface area contributed by atoms with Crippen molar-refractivity contribution in [3.63, 3.8) is 0 Å². The largest absolute Gasteiger partial charge is 0.382 e. The van der Waals surface area contributed by atoms with Gasteiger partial charge in [-0.3, -0.25) is 9.88 Å². The first-order valence-corrected chi connectivity index (χ1v) is 7.33. The van der Waals surface area contributed by atoms with E-state index in [9.17, 15) is 0 Å². The highest BCUT2D eigenvalue weighted by Crippen LogP contribution is 2.17. The lowest BCUT2D eigenvalue weighted by Gasteiger charge is -2.32. The summed E-state index contributed by atoms with van der Waals surface area (Å²) in [6.07, 6.45) is 6.09. The number of hydrogen-bond donors (Lipinski definition) is 1. The Kier molecular flexibility index (Phi) is 4.28. The van der Waals surface area contributed by atoms with Crippen molar-refractivity contribution >= 4 is 5.69 Å². The Bertz CT molecular complexity index is 455. The molecule has 0 bridgehead atoms. The molecular formula is C17H21N3. The molecule has 104 valence electrons. The van der Waals surface area contributed by atoms with E-state index < -0.39 is 0 Å². The van der Waals surface area contributed by atoms with Crippen LogP contribution in [0.25, 0.3) is 0 Å². The molecule has 0 atom stereocenters. The second-order valence-electron chi connectivity index (χ2n) is 5.42. The van der Waals surface area contributed by atoms with Gasteiger partial charge < -0.3 is 5.32 Å². The van der Waals surface area contributed by atoms with Gasteiger partial charge in [-0.25, -0.2) is 0 Å². The van der Waals surface area contributed by atoms with Gasteiger partial charge in [-0.2, -0.15) is 0 Å². The summed E-state index contributed by atoms with van der Waals surface area (Å²) in [5.41, 5.74) is 2.59. The van der Waals surface area contributed by atoms with Crippen LogP contribution in [0.5, 0.6) is 0 Å². The Morgan fingerprint density at radius 2 is 1.70 bits per heavy atom. The van der Waals surface area contributed by atoms with Gasteiger partial charge in [-0.15, -0.1) is 0 Å². The molecule has 1 N–H and O–H groups in total. The van der Waals surface area contributed by atoms with Crippen molar-refractivity contribution < 1.29 is 0 Å². The molecule has 2 heterocycles. The molecule has 1 aromatic heterocycles. The van der Waals surface area contributed by atoms with E-state index in [1.807, 2.05) is 24.5 Å². The minimum Gasteiger partial charge on any atom is -0.382 e. The number of rotatable bonds is 4. The molecule has 3 heteroatoms. The molecule has 0 saturated carbocycles. The van der Waals surface area contributed by atoms with Gasteiger partial charge in [0.25, 0.3) is 0 Å². The topological polar surface area (TPSA) is 28.2 Å². The summed E-state index contributed by atoms with van der Waals surface area (Å²) in [7, 11) is 0. The highest BCUT2D eigenvalue weighted by molar-refractivity contribution is 5.41. The van der Waals surface area contributed by atoms with Crippen LogP contribution in [-0.4, -0.2) is 29.0 Å². The average Bonchev–Trinajstić information content (AvgIpc) is 2.51. The summed E-state index contributed by atoms with van der Waals surface area (Å²) in [5, 5.41) is 3.60. The molecule has 1 aliphatic rings. The molecule has 2 aromatic rings. The lowest BCUT2D eigenvalue weighted by atomic mass is 10.0. The summed E-state index contributed by atoms with van der Waals surface area (Å²) >= 11 is 0. The fourth-order valence-corrected chi connectivity index (χ4v) is 2.76. The van der Waals surface area contributed by atoms with Crippen LogP contribution in [-0.2, 0) is 6.54 Å². The second-order valence-corrected chi connectivity index (χ2v) is 5.42. The lowest BCUT2D eigenvalue weighted by molar-refractivity contribution is 0.211. The Morgan fingerprint density at radius 1 is 1.00 bits per heavy atom. The fourth-order valence-electron chi connectivity index (χ4n) is 2.76. The number of pyridine rings is 1. The normalized spacial score (nSPS) is 17.0. The number of hydrogen-bond acceptors (Lipinski definition) is 3. The molecule has 3 nitrogen and oxygen atoms in total. The zero-order valence-corrected chi connectivity index (χ0v) is 11.7. The monoisotopic (exact) mass is 267 g/mol. The van der Waals surface area contributed by atoms with Crippen LogP contribution in [0.2, 0.25) is 0 Å². The van der Waals surface area contributed by atoms with Crippen molar-refractivity contribution in [3.05, 3.63) is 60.4 Å². The molecule has 3 rings (SSSR count). The minimum atomic E-state index is 0.587. The summed E-state index contributed by atoms with van der Waals surface area (Å²) < 4.78 is 0. The number of nitrogens with zero attached hydrogens (tertiary/aromatic N) is 2. The van der Waals surface area contributed by atoms with Crippen LogP contribution in [0, 0.1) is 0 Å². The second kappa shape index (κ2) is 6.53. The molecule has 1 saturated heterocycles. The quantitative estimate of drug-likeness (QED) is 0.922. The highest BCUT2D eigenvalue weighted by atomic mass is 15.1. The van der Waals surface area contributed by atoms with Crippen LogP contribution in [0.3, 0.4) is 0 Å². The predicted molar refractivity (Wildman–Crippen MR) is 82.6 cm³/mol. The van der Waals surface area contributed by atoms with E-state index in [1.165, 1.54) is 24.1 Å². The maximum atomic E-state index is 4.05. The van der Waals surface area contributed by atoms with E-state index in [0.29, 0.717) is 6.04 Å².